The molecule has 0 saturated carbocycles. The molecule has 3 rings (SSSR count). The number of H-pyrrole nitrogens is 1. The minimum Gasteiger partial charge on any atom is -0.338 e. The van der Waals surface area contributed by atoms with Crippen LogP contribution < -0.4 is 0 Å². The van der Waals surface area contributed by atoms with Gasteiger partial charge >= 0.3 is 6.18 Å². The van der Waals surface area contributed by atoms with Crippen LogP contribution >= 0.6 is 15.9 Å². The summed E-state index contributed by atoms with van der Waals surface area (Å²) in [5.74, 6) is -0.167. The SMILES string of the molecule is Fc1cccc(-c2nc3ccc(C(F)(F)F)cc3[nH]2)c1Br. The van der Waals surface area contributed by atoms with Gasteiger partial charge in [-0.2, -0.15) is 13.2 Å². The number of aromatic nitrogens is 2. The third-order valence-electron chi connectivity index (χ3n) is 3.02. The van der Waals surface area contributed by atoms with Crippen molar-refractivity contribution in [2.75, 3.05) is 0 Å². The van der Waals surface area contributed by atoms with Gasteiger partial charge in [0.2, 0.25) is 0 Å². The minimum atomic E-state index is -4.42. The molecule has 1 N–H and O–H groups in total. The summed E-state index contributed by atoms with van der Waals surface area (Å²) in [5.41, 5.74) is 0.313. The summed E-state index contributed by atoms with van der Waals surface area (Å²) in [6.45, 7) is 0. The zero-order valence-corrected chi connectivity index (χ0v) is 11.9. The molecule has 2 nitrogen and oxygen atoms in total. The second-order valence-corrected chi connectivity index (χ2v) is 5.21. The lowest BCUT2D eigenvalue weighted by molar-refractivity contribution is -0.137. The molecule has 0 aliphatic rings. The van der Waals surface area contributed by atoms with Crippen LogP contribution in [-0.4, -0.2) is 9.97 Å². The van der Waals surface area contributed by atoms with Crippen LogP contribution in [-0.2, 0) is 6.18 Å². The first-order valence-electron chi connectivity index (χ1n) is 5.87. The topological polar surface area (TPSA) is 28.7 Å². The molecular weight excluding hydrogens is 352 g/mol. The lowest BCUT2D eigenvalue weighted by atomic mass is 10.2. The van der Waals surface area contributed by atoms with E-state index in [9.17, 15) is 17.6 Å². The van der Waals surface area contributed by atoms with Gasteiger partial charge in [0.1, 0.15) is 11.6 Å². The number of rotatable bonds is 1. The van der Waals surface area contributed by atoms with E-state index in [-0.39, 0.29) is 9.99 Å². The van der Waals surface area contributed by atoms with Crippen molar-refractivity contribution in [2.45, 2.75) is 6.18 Å². The molecule has 3 aromatic rings. The van der Waals surface area contributed by atoms with Gasteiger partial charge in [0.15, 0.2) is 0 Å². The van der Waals surface area contributed by atoms with Crippen LogP contribution in [0.5, 0.6) is 0 Å². The molecular formula is C14H7BrF4N2. The minimum absolute atomic E-state index is 0.208. The molecule has 21 heavy (non-hydrogen) atoms. The summed E-state index contributed by atoms with van der Waals surface area (Å²) in [7, 11) is 0. The third-order valence-corrected chi connectivity index (χ3v) is 3.82. The highest BCUT2D eigenvalue weighted by atomic mass is 79.9. The number of fused-ring (bicyclic) bond motifs is 1. The highest BCUT2D eigenvalue weighted by Crippen LogP contribution is 2.33. The van der Waals surface area contributed by atoms with E-state index in [0.29, 0.717) is 16.9 Å². The predicted octanol–water partition coefficient (Wildman–Crippen LogP) is 5.15. The maximum absolute atomic E-state index is 13.5. The van der Waals surface area contributed by atoms with Crippen molar-refractivity contribution in [3.63, 3.8) is 0 Å². The first-order chi connectivity index (χ1) is 9.86. The molecule has 0 aliphatic heterocycles. The number of hydrogen-bond acceptors (Lipinski definition) is 1. The van der Waals surface area contributed by atoms with Crippen LogP contribution in [0, 0.1) is 5.82 Å². The van der Waals surface area contributed by atoms with Crippen molar-refractivity contribution >= 4 is 27.0 Å². The van der Waals surface area contributed by atoms with Crippen molar-refractivity contribution in [3.05, 3.63) is 52.3 Å². The zero-order chi connectivity index (χ0) is 15.2. The van der Waals surface area contributed by atoms with Crippen molar-refractivity contribution in [1.82, 2.24) is 9.97 Å². The number of benzene rings is 2. The largest absolute Gasteiger partial charge is 0.416 e. The molecule has 0 fully saturated rings. The highest BCUT2D eigenvalue weighted by molar-refractivity contribution is 9.10. The fourth-order valence-corrected chi connectivity index (χ4v) is 2.45. The lowest BCUT2D eigenvalue weighted by Crippen LogP contribution is -2.04. The summed E-state index contributed by atoms with van der Waals surface area (Å²) in [6, 6.07) is 7.63. The molecule has 1 heterocycles. The summed E-state index contributed by atoms with van der Waals surface area (Å²) in [5, 5.41) is 0. The predicted molar refractivity (Wildman–Crippen MR) is 74.2 cm³/mol. The van der Waals surface area contributed by atoms with Crippen molar-refractivity contribution in [2.24, 2.45) is 0 Å². The van der Waals surface area contributed by atoms with Crippen LogP contribution in [0.2, 0.25) is 0 Å². The molecule has 0 radical (unpaired) electrons. The van der Waals surface area contributed by atoms with Gasteiger partial charge in [-0.1, -0.05) is 6.07 Å². The molecule has 2 aromatic carbocycles. The molecule has 0 unspecified atom stereocenters. The summed E-state index contributed by atoms with van der Waals surface area (Å²) in [6.07, 6.45) is -4.42. The Morgan fingerprint density at radius 1 is 1.10 bits per heavy atom. The Balaban J connectivity index is 2.15. The second kappa shape index (κ2) is 4.84. The normalized spacial score (nSPS) is 12.0. The summed E-state index contributed by atoms with van der Waals surface area (Å²) < 4.78 is 51.7. The fraction of sp³-hybridized carbons (Fsp3) is 0.0714. The van der Waals surface area contributed by atoms with E-state index in [1.54, 1.807) is 6.07 Å². The Kier molecular flexibility index (Phi) is 3.24. The smallest absolute Gasteiger partial charge is 0.338 e. The number of nitrogens with zero attached hydrogens (tertiary/aromatic N) is 1. The molecule has 0 spiro atoms. The molecule has 0 aliphatic carbocycles. The number of alkyl halides is 3. The van der Waals surface area contributed by atoms with Crippen molar-refractivity contribution in [3.8, 4) is 11.4 Å². The summed E-state index contributed by atoms with van der Waals surface area (Å²) >= 11 is 3.11. The maximum Gasteiger partial charge on any atom is 0.416 e. The van der Waals surface area contributed by atoms with Crippen LogP contribution in [0.1, 0.15) is 5.56 Å². The summed E-state index contributed by atoms with van der Waals surface area (Å²) in [4.78, 5) is 6.97. The van der Waals surface area contributed by atoms with Crippen molar-refractivity contribution < 1.29 is 17.6 Å². The molecule has 0 bridgehead atoms. The average Bonchev–Trinajstić information content (AvgIpc) is 2.83. The van der Waals surface area contributed by atoms with Crippen LogP contribution in [0.25, 0.3) is 22.4 Å². The molecule has 0 saturated heterocycles. The van der Waals surface area contributed by atoms with E-state index in [4.69, 9.17) is 0 Å². The van der Waals surface area contributed by atoms with Crippen LogP contribution in [0.15, 0.2) is 40.9 Å². The molecule has 0 atom stereocenters. The van der Waals surface area contributed by atoms with Gasteiger partial charge in [0, 0.05) is 5.56 Å². The van der Waals surface area contributed by atoms with Gasteiger partial charge in [-0.15, -0.1) is 0 Å². The lowest BCUT2D eigenvalue weighted by Gasteiger charge is -2.05. The monoisotopic (exact) mass is 358 g/mol. The van der Waals surface area contributed by atoms with Gasteiger partial charge in [-0.25, -0.2) is 9.37 Å². The number of nitrogens with one attached hydrogen (secondary N) is 1. The molecule has 108 valence electrons. The second-order valence-electron chi connectivity index (χ2n) is 4.42. The van der Waals surface area contributed by atoms with Gasteiger partial charge in [-0.3, -0.25) is 0 Å². The Bertz CT molecular complexity index is 823. The van der Waals surface area contributed by atoms with E-state index in [0.717, 1.165) is 12.1 Å². The number of halogens is 5. The van der Waals surface area contributed by atoms with Crippen molar-refractivity contribution in [1.29, 1.82) is 0 Å². The van der Waals surface area contributed by atoms with E-state index < -0.39 is 17.6 Å². The first-order valence-corrected chi connectivity index (χ1v) is 6.67. The Labute approximate surface area is 124 Å². The standard InChI is InChI=1S/C14H7BrF4N2/c15-12-8(2-1-3-9(12)16)13-20-10-5-4-7(14(17,18)19)6-11(10)21-13/h1-6H,(H,20,21). The first kappa shape index (κ1) is 14.1. The van der Waals surface area contributed by atoms with Gasteiger partial charge in [0.05, 0.1) is 21.1 Å². The zero-order valence-electron chi connectivity index (χ0n) is 10.3. The fourth-order valence-electron chi connectivity index (χ4n) is 2.00. The van der Waals surface area contributed by atoms with E-state index in [1.165, 1.54) is 18.2 Å². The van der Waals surface area contributed by atoms with E-state index in [2.05, 4.69) is 25.9 Å². The van der Waals surface area contributed by atoms with Crippen LogP contribution in [0.4, 0.5) is 17.6 Å². The number of hydrogen-bond donors (Lipinski definition) is 1. The third kappa shape index (κ3) is 2.53. The Morgan fingerprint density at radius 3 is 2.57 bits per heavy atom. The van der Waals surface area contributed by atoms with E-state index in [1.807, 2.05) is 0 Å². The van der Waals surface area contributed by atoms with Gasteiger partial charge in [0.25, 0.3) is 0 Å². The van der Waals surface area contributed by atoms with Gasteiger partial charge in [-0.05, 0) is 46.3 Å². The molecule has 0 amide bonds. The quantitative estimate of drug-likeness (QED) is 0.598. The Hall–Kier alpha value is -1.89. The highest BCUT2D eigenvalue weighted by Gasteiger charge is 2.30. The van der Waals surface area contributed by atoms with Gasteiger partial charge < -0.3 is 4.98 Å². The number of imidazole rings is 1. The number of aromatic amines is 1. The van der Waals surface area contributed by atoms with Crippen LogP contribution in [0.3, 0.4) is 0 Å². The molecule has 7 heteroatoms. The molecule has 1 aromatic heterocycles. The average molecular weight is 359 g/mol. The maximum atomic E-state index is 13.5. The Morgan fingerprint density at radius 2 is 1.86 bits per heavy atom. The van der Waals surface area contributed by atoms with E-state index >= 15 is 0 Å².